The van der Waals surface area contributed by atoms with Gasteiger partial charge in [0.2, 0.25) is 0 Å². The molecule has 2 fully saturated rings. The van der Waals surface area contributed by atoms with Gasteiger partial charge < -0.3 is 10.4 Å². The van der Waals surface area contributed by atoms with Crippen molar-refractivity contribution in [3.63, 3.8) is 0 Å². The lowest BCUT2D eigenvalue weighted by Gasteiger charge is -2.30. The molecule has 2 aliphatic rings. The first-order valence-corrected chi connectivity index (χ1v) is 6.38. The number of hydrogen-bond acceptors (Lipinski definition) is 3. The van der Waals surface area contributed by atoms with Crippen LogP contribution in [0.3, 0.4) is 0 Å². The first-order chi connectivity index (χ1) is 7.25. The van der Waals surface area contributed by atoms with Gasteiger partial charge in [0.15, 0.2) is 0 Å². The Kier molecular flexibility index (Phi) is 4.00. The van der Waals surface area contributed by atoms with E-state index in [0.717, 1.165) is 18.5 Å². The average Bonchev–Trinajstić information content (AvgIpc) is 3.01. The van der Waals surface area contributed by atoms with Gasteiger partial charge in [0, 0.05) is 19.1 Å². The summed E-state index contributed by atoms with van der Waals surface area (Å²) in [5, 5.41) is 12.9. The molecule has 0 bridgehead atoms. The van der Waals surface area contributed by atoms with Crippen LogP contribution in [0.1, 0.15) is 32.6 Å². The molecule has 1 aliphatic carbocycles. The van der Waals surface area contributed by atoms with E-state index in [2.05, 4.69) is 10.2 Å². The molecule has 1 saturated carbocycles. The Morgan fingerprint density at radius 2 is 1.93 bits per heavy atom. The van der Waals surface area contributed by atoms with Crippen molar-refractivity contribution in [2.24, 2.45) is 5.92 Å². The monoisotopic (exact) mass is 212 g/mol. The van der Waals surface area contributed by atoms with E-state index in [1.165, 1.54) is 45.3 Å². The average molecular weight is 212 g/mol. The summed E-state index contributed by atoms with van der Waals surface area (Å²) in [5.41, 5.74) is 0. The molecule has 0 spiro atoms. The third-order valence-electron chi connectivity index (χ3n) is 3.51. The quantitative estimate of drug-likeness (QED) is 0.708. The fourth-order valence-electron chi connectivity index (χ4n) is 2.55. The van der Waals surface area contributed by atoms with Crippen LogP contribution in [0.5, 0.6) is 0 Å². The van der Waals surface area contributed by atoms with E-state index >= 15 is 0 Å². The second-order valence-corrected chi connectivity index (χ2v) is 5.23. The van der Waals surface area contributed by atoms with Crippen LogP contribution in [-0.4, -0.2) is 48.3 Å². The van der Waals surface area contributed by atoms with Crippen molar-refractivity contribution in [3.05, 3.63) is 0 Å². The highest BCUT2D eigenvalue weighted by atomic mass is 16.3. The molecule has 0 aromatic heterocycles. The number of aliphatic hydroxyl groups is 1. The molecule has 0 aromatic carbocycles. The van der Waals surface area contributed by atoms with E-state index in [-0.39, 0.29) is 6.10 Å². The summed E-state index contributed by atoms with van der Waals surface area (Å²) < 4.78 is 0. The normalized spacial score (nSPS) is 25.8. The second kappa shape index (κ2) is 5.28. The van der Waals surface area contributed by atoms with E-state index in [0.29, 0.717) is 0 Å². The Balaban J connectivity index is 1.77. The van der Waals surface area contributed by atoms with Gasteiger partial charge in [-0.25, -0.2) is 0 Å². The molecule has 3 heteroatoms. The number of rotatable bonds is 5. The van der Waals surface area contributed by atoms with Crippen LogP contribution in [0, 0.1) is 5.92 Å². The molecule has 0 aromatic rings. The zero-order valence-corrected chi connectivity index (χ0v) is 9.78. The number of nitrogens with zero attached hydrogens (tertiary/aromatic N) is 1. The highest BCUT2D eigenvalue weighted by molar-refractivity contribution is 4.87. The van der Waals surface area contributed by atoms with Crippen molar-refractivity contribution < 1.29 is 5.11 Å². The molecule has 88 valence electrons. The maximum absolute atomic E-state index is 9.47. The van der Waals surface area contributed by atoms with Gasteiger partial charge in [-0.15, -0.1) is 0 Å². The van der Waals surface area contributed by atoms with Crippen molar-refractivity contribution in [1.29, 1.82) is 0 Å². The van der Waals surface area contributed by atoms with Crippen molar-refractivity contribution in [1.82, 2.24) is 10.2 Å². The van der Waals surface area contributed by atoms with Crippen LogP contribution in [-0.2, 0) is 0 Å². The first kappa shape index (κ1) is 11.4. The van der Waals surface area contributed by atoms with Gasteiger partial charge in [-0.3, -0.25) is 4.90 Å². The summed E-state index contributed by atoms with van der Waals surface area (Å²) >= 11 is 0. The van der Waals surface area contributed by atoms with Crippen LogP contribution < -0.4 is 5.32 Å². The lowest BCUT2D eigenvalue weighted by molar-refractivity contribution is 0.105. The Morgan fingerprint density at radius 3 is 2.47 bits per heavy atom. The summed E-state index contributed by atoms with van der Waals surface area (Å²) in [6, 6.07) is 0.787. The highest BCUT2D eigenvalue weighted by Gasteiger charge is 2.31. The van der Waals surface area contributed by atoms with Crippen LogP contribution in [0.25, 0.3) is 0 Å². The molecule has 2 N–H and O–H groups in total. The predicted octanol–water partition coefficient (Wildman–Crippen LogP) is 0.831. The van der Waals surface area contributed by atoms with Crippen molar-refractivity contribution in [2.75, 3.05) is 26.2 Å². The van der Waals surface area contributed by atoms with Crippen LogP contribution in [0.15, 0.2) is 0 Å². The maximum Gasteiger partial charge on any atom is 0.0639 e. The van der Waals surface area contributed by atoms with Crippen LogP contribution in [0.4, 0.5) is 0 Å². The van der Waals surface area contributed by atoms with Gasteiger partial charge in [-0.1, -0.05) is 0 Å². The van der Waals surface area contributed by atoms with Crippen LogP contribution in [0.2, 0.25) is 0 Å². The molecule has 1 heterocycles. The summed E-state index contributed by atoms with van der Waals surface area (Å²) in [7, 11) is 0. The standard InChI is InChI=1S/C12H24N2O/c1-10(15)8-14(12-2-3-12)9-11-4-6-13-7-5-11/h10-13,15H,2-9H2,1H3. The largest absolute Gasteiger partial charge is 0.392 e. The molecular formula is C12H24N2O. The summed E-state index contributed by atoms with van der Waals surface area (Å²) in [6.45, 7) is 6.33. The van der Waals surface area contributed by atoms with Crippen molar-refractivity contribution in [2.45, 2.75) is 44.8 Å². The SMILES string of the molecule is CC(O)CN(CC1CCNCC1)C1CC1. The van der Waals surface area contributed by atoms with Gasteiger partial charge >= 0.3 is 0 Å². The fourth-order valence-corrected chi connectivity index (χ4v) is 2.55. The number of nitrogens with one attached hydrogen (secondary N) is 1. The first-order valence-electron chi connectivity index (χ1n) is 6.38. The zero-order valence-electron chi connectivity index (χ0n) is 9.78. The van der Waals surface area contributed by atoms with Crippen LogP contribution >= 0.6 is 0 Å². The van der Waals surface area contributed by atoms with Gasteiger partial charge in [-0.2, -0.15) is 0 Å². The minimum Gasteiger partial charge on any atom is -0.392 e. The maximum atomic E-state index is 9.47. The molecule has 3 nitrogen and oxygen atoms in total. The molecule has 0 radical (unpaired) electrons. The third kappa shape index (κ3) is 3.74. The summed E-state index contributed by atoms with van der Waals surface area (Å²) in [5.74, 6) is 0.852. The lowest BCUT2D eigenvalue weighted by atomic mass is 9.97. The van der Waals surface area contributed by atoms with Gasteiger partial charge in [-0.05, 0) is 51.6 Å². The smallest absolute Gasteiger partial charge is 0.0639 e. The zero-order chi connectivity index (χ0) is 10.7. The topological polar surface area (TPSA) is 35.5 Å². The molecule has 0 amide bonds. The number of hydrogen-bond donors (Lipinski definition) is 2. The molecule has 1 aliphatic heterocycles. The molecule has 15 heavy (non-hydrogen) atoms. The van der Waals surface area contributed by atoms with Gasteiger partial charge in [0.05, 0.1) is 6.10 Å². The minimum absolute atomic E-state index is 0.174. The van der Waals surface area contributed by atoms with Gasteiger partial charge in [0.1, 0.15) is 0 Å². The highest BCUT2D eigenvalue weighted by Crippen LogP contribution is 2.28. The van der Waals surface area contributed by atoms with E-state index in [1.54, 1.807) is 0 Å². The second-order valence-electron chi connectivity index (χ2n) is 5.23. The molecule has 1 unspecified atom stereocenters. The minimum atomic E-state index is -0.174. The summed E-state index contributed by atoms with van der Waals surface area (Å²) in [4.78, 5) is 2.51. The Labute approximate surface area is 92.8 Å². The lowest BCUT2D eigenvalue weighted by Crippen LogP contribution is -2.40. The van der Waals surface area contributed by atoms with Crippen molar-refractivity contribution >= 4 is 0 Å². The Bertz CT molecular complexity index is 186. The third-order valence-corrected chi connectivity index (χ3v) is 3.51. The van der Waals surface area contributed by atoms with Gasteiger partial charge in [0.25, 0.3) is 0 Å². The van der Waals surface area contributed by atoms with E-state index in [1.807, 2.05) is 6.92 Å². The predicted molar refractivity (Wildman–Crippen MR) is 61.9 cm³/mol. The van der Waals surface area contributed by atoms with E-state index < -0.39 is 0 Å². The number of piperidine rings is 1. The molecule has 2 rings (SSSR count). The molecular weight excluding hydrogens is 188 g/mol. The number of aliphatic hydroxyl groups excluding tert-OH is 1. The Hall–Kier alpha value is -0.120. The molecule has 1 saturated heterocycles. The van der Waals surface area contributed by atoms with Crippen molar-refractivity contribution in [3.8, 4) is 0 Å². The molecule has 1 atom stereocenters. The van der Waals surface area contributed by atoms with E-state index in [4.69, 9.17) is 0 Å². The fraction of sp³-hybridized carbons (Fsp3) is 1.00. The van der Waals surface area contributed by atoms with E-state index in [9.17, 15) is 5.11 Å². The Morgan fingerprint density at radius 1 is 1.27 bits per heavy atom. The summed E-state index contributed by atoms with van der Waals surface area (Å²) in [6.07, 6.45) is 5.13.